The second kappa shape index (κ2) is 5.14. The Morgan fingerprint density at radius 3 is 3.06 bits per heavy atom. The molecular weight excluding hydrogens is 287 g/mol. The highest BCUT2D eigenvalue weighted by atomic mass is 79.9. The Bertz CT molecular complexity index is 439. The van der Waals surface area contributed by atoms with E-state index in [1.807, 2.05) is 17.9 Å². The zero-order valence-corrected chi connectivity index (χ0v) is 11.1. The van der Waals surface area contributed by atoms with Crippen molar-refractivity contribution < 1.29 is 9.18 Å². The molecule has 2 rings (SSSR count). The highest BCUT2D eigenvalue weighted by Crippen LogP contribution is 2.18. The fourth-order valence-electron chi connectivity index (χ4n) is 1.91. The Hall–Kier alpha value is -0.940. The SMILES string of the molecule is C[C@@H]1C(=O)NCCN1Cc1ccc(Br)cc1F. The van der Waals surface area contributed by atoms with Crippen LogP contribution in [0.1, 0.15) is 12.5 Å². The zero-order chi connectivity index (χ0) is 12.4. The molecule has 0 radical (unpaired) electrons. The third kappa shape index (κ3) is 2.84. The smallest absolute Gasteiger partial charge is 0.237 e. The molecule has 1 N–H and O–H groups in total. The molecule has 0 aromatic heterocycles. The van der Waals surface area contributed by atoms with Crippen LogP contribution >= 0.6 is 15.9 Å². The van der Waals surface area contributed by atoms with Crippen LogP contribution in [-0.2, 0) is 11.3 Å². The summed E-state index contributed by atoms with van der Waals surface area (Å²) in [6.45, 7) is 3.68. The Morgan fingerprint density at radius 2 is 2.35 bits per heavy atom. The number of nitrogens with zero attached hydrogens (tertiary/aromatic N) is 1. The van der Waals surface area contributed by atoms with Gasteiger partial charge in [-0.2, -0.15) is 0 Å². The third-order valence-electron chi connectivity index (χ3n) is 3.01. The fourth-order valence-corrected chi connectivity index (χ4v) is 2.25. The molecule has 0 saturated carbocycles. The van der Waals surface area contributed by atoms with Gasteiger partial charge in [0.1, 0.15) is 5.82 Å². The maximum absolute atomic E-state index is 13.7. The molecule has 1 heterocycles. The van der Waals surface area contributed by atoms with E-state index in [4.69, 9.17) is 0 Å². The van der Waals surface area contributed by atoms with Crippen LogP contribution in [0, 0.1) is 5.82 Å². The lowest BCUT2D eigenvalue weighted by Gasteiger charge is -2.32. The van der Waals surface area contributed by atoms with E-state index in [-0.39, 0.29) is 17.8 Å². The van der Waals surface area contributed by atoms with E-state index in [0.29, 0.717) is 18.7 Å². The second-order valence-corrected chi connectivity index (χ2v) is 5.09. The number of piperazine rings is 1. The molecular formula is C12H14BrFN2O. The number of nitrogens with one attached hydrogen (secondary N) is 1. The topological polar surface area (TPSA) is 32.3 Å². The van der Waals surface area contributed by atoms with Crippen LogP contribution < -0.4 is 5.32 Å². The summed E-state index contributed by atoms with van der Waals surface area (Å²) in [5, 5.41) is 2.79. The number of carbonyl (C=O) groups is 1. The van der Waals surface area contributed by atoms with Crippen molar-refractivity contribution in [2.75, 3.05) is 13.1 Å². The Morgan fingerprint density at radius 1 is 1.59 bits per heavy atom. The van der Waals surface area contributed by atoms with E-state index < -0.39 is 0 Å². The summed E-state index contributed by atoms with van der Waals surface area (Å²) < 4.78 is 14.4. The molecule has 17 heavy (non-hydrogen) atoms. The predicted octanol–water partition coefficient (Wildman–Crippen LogP) is 1.91. The molecule has 0 aliphatic carbocycles. The molecule has 5 heteroatoms. The van der Waals surface area contributed by atoms with Crippen molar-refractivity contribution in [2.24, 2.45) is 0 Å². The number of hydrogen-bond donors (Lipinski definition) is 1. The maximum atomic E-state index is 13.7. The van der Waals surface area contributed by atoms with Crippen LogP contribution in [-0.4, -0.2) is 29.9 Å². The average molecular weight is 301 g/mol. The van der Waals surface area contributed by atoms with Gasteiger partial charge in [-0.05, 0) is 19.1 Å². The van der Waals surface area contributed by atoms with Gasteiger partial charge in [0.05, 0.1) is 6.04 Å². The van der Waals surface area contributed by atoms with E-state index in [1.165, 1.54) is 6.07 Å². The van der Waals surface area contributed by atoms with Crippen LogP contribution in [0.5, 0.6) is 0 Å². The van der Waals surface area contributed by atoms with E-state index in [9.17, 15) is 9.18 Å². The molecule has 1 amide bonds. The zero-order valence-electron chi connectivity index (χ0n) is 9.54. The van der Waals surface area contributed by atoms with E-state index in [0.717, 1.165) is 11.0 Å². The lowest BCUT2D eigenvalue weighted by Crippen LogP contribution is -2.53. The van der Waals surface area contributed by atoms with Crippen molar-refractivity contribution in [2.45, 2.75) is 19.5 Å². The molecule has 1 atom stereocenters. The molecule has 0 spiro atoms. The van der Waals surface area contributed by atoms with Gasteiger partial charge < -0.3 is 5.32 Å². The van der Waals surface area contributed by atoms with Crippen LogP contribution in [0.15, 0.2) is 22.7 Å². The van der Waals surface area contributed by atoms with E-state index in [2.05, 4.69) is 21.2 Å². The largest absolute Gasteiger partial charge is 0.353 e. The first-order valence-corrected chi connectivity index (χ1v) is 6.33. The lowest BCUT2D eigenvalue weighted by atomic mass is 10.1. The van der Waals surface area contributed by atoms with Crippen molar-refractivity contribution in [3.8, 4) is 0 Å². The van der Waals surface area contributed by atoms with Crippen LogP contribution in [0.2, 0.25) is 0 Å². The number of carbonyl (C=O) groups excluding carboxylic acids is 1. The summed E-state index contributed by atoms with van der Waals surface area (Å²) >= 11 is 3.23. The van der Waals surface area contributed by atoms with Crippen molar-refractivity contribution in [3.05, 3.63) is 34.1 Å². The van der Waals surface area contributed by atoms with Gasteiger partial charge in [0.15, 0.2) is 0 Å². The van der Waals surface area contributed by atoms with Gasteiger partial charge in [0, 0.05) is 29.7 Å². The summed E-state index contributed by atoms with van der Waals surface area (Å²) in [7, 11) is 0. The third-order valence-corrected chi connectivity index (χ3v) is 3.51. The summed E-state index contributed by atoms with van der Waals surface area (Å²) in [6.07, 6.45) is 0. The van der Waals surface area contributed by atoms with Crippen molar-refractivity contribution >= 4 is 21.8 Å². The molecule has 1 aliphatic heterocycles. The summed E-state index contributed by atoms with van der Waals surface area (Å²) in [6, 6.07) is 4.81. The van der Waals surface area contributed by atoms with Gasteiger partial charge in [0.2, 0.25) is 5.91 Å². The Balaban J connectivity index is 2.12. The molecule has 0 bridgehead atoms. The molecule has 0 unspecified atom stereocenters. The Kier molecular flexibility index (Phi) is 3.79. The minimum atomic E-state index is -0.238. The quantitative estimate of drug-likeness (QED) is 0.905. The lowest BCUT2D eigenvalue weighted by molar-refractivity contribution is -0.128. The normalized spacial score (nSPS) is 21.4. The van der Waals surface area contributed by atoms with Crippen molar-refractivity contribution in [1.82, 2.24) is 10.2 Å². The highest BCUT2D eigenvalue weighted by molar-refractivity contribution is 9.10. The first-order valence-electron chi connectivity index (χ1n) is 5.53. The molecule has 1 aliphatic rings. The first kappa shape index (κ1) is 12.5. The van der Waals surface area contributed by atoms with E-state index >= 15 is 0 Å². The first-order chi connectivity index (χ1) is 8.08. The minimum Gasteiger partial charge on any atom is -0.353 e. The molecule has 3 nitrogen and oxygen atoms in total. The van der Waals surface area contributed by atoms with Crippen molar-refractivity contribution in [1.29, 1.82) is 0 Å². The average Bonchev–Trinajstić information content (AvgIpc) is 2.28. The van der Waals surface area contributed by atoms with Crippen molar-refractivity contribution in [3.63, 3.8) is 0 Å². The second-order valence-electron chi connectivity index (χ2n) is 4.17. The molecule has 1 aromatic rings. The van der Waals surface area contributed by atoms with Gasteiger partial charge in [-0.3, -0.25) is 9.69 Å². The molecule has 1 aromatic carbocycles. The van der Waals surface area contributed by atoms with Crippen LogP contribution in [0.3, 0.4) is 0 Å². The summed E-state index contributed by atoms with van der Waals surface area (Å²) in [5.74, 6) is -0.230. The van der Waals surface area contributed by atoms with Crippen LogP contribution in [0.4, 0.5) is 4.39 Å². The van der Waals surface area contributed by atoms with Gasteiger partial charge in [-0.15, -0.1) is 0 Å². The maximum Gasteiger partial charge on any atom is 0.237 e. The van der Waals surface area contributed by atoms with Gasteiger partial charge >= 0.3 is 0 Å². The standard InChI is InChI=1S/C12H14BrFN2O/c1-8-12(17)15-4-5-16(8)7-9-2-3-10(13)6-11(9)14/h2-3,6,8H,4-5,7H2,1H3,(H,15,17)/t8-/m1/s1. The minimum absolute atomic E-state index is 0.00812. The van der Waals surface area contributed by atoms with Gasteiger partial charge in [0.25, 0.3) is 0 Å². The number of rotatable bonds is 2. The predicted molar refractivity (Wildman–Crippen MR) is 67.0 cm³/mol. The van der Waals surface area contributed by atoms with Gasteiger partial charge in [-0.25, -0.2) is 4.39 Å². The number of hydrogen-bond acceptors (Lipinski definition) is 2. The van der Waals surface area contributed by atoms with E-state index in [1.54, 1.807) is 6.07 Å². The molecule has 92 valence electrons. The highest BCUT2D eigenvalue weighted by Gasteiger charge is 2.25. The van der Waals surface area contributed by atoms with Crippen LogP contribution in [0.25, 0.3) is 0 Å². The van der Waals surface area contributed by atoms with Gasteiger partial charge in [-0.1, -0.05) is 22.0 Å². The summed E-state index contributed by atoms with van der Waals surface area (Å²) in [5.41, 5.74) is 0.620. The number of halogens is 2. The Labute approximate surface area is 108 Å². The fraction of sp³-hybridized carbons (Fsp3) is 0.417. The number of benzene rings is 1. The molecule has 1 saturated heterocycles. The number of amides is 1. The monoisotopic (exact) mass is 300 g/mol. The summed E-state index contributed by atoms with van der Waals surface area (Å²) in [4.78, 5) is 13.5. The molecule has 1 fully saturated rings.